The molecule has 2 aromatic rings. The number of anilines is 1. The molecule has 0 unspecified atom stereocenters. The molecule has 2 N–H and O–H groups in total. The van der Waals surface area contributed by atoms with Crippen LogP contribution in [-0.4, -0.2) is 11.0 Å². The predicted molar refractivity (Wildman–Crippen MR) is 104 cm³/mol. The third-order valence-corrected chi connectivity index (χ3v) is 4.15. The highest BCUT2D eigenvalue weighted by Crippen LogP contribution is 2.23. The summed E-state index contributed by atoms with van der Waals surface area (Å²) in [5, 5.41) is 6.91. The minimum absolute atomic E-state index is 0.207. The summed E-state index contributed by atoms with van der Waals surface area (Å²) in [4.78, 5) is 11.9. The van der Waals surface area contributed by atoms with Crippen molar-refractivity contribution in [2.24, 2.45) is 0 Å². The van der Waals surface area contributed by atoms with Crippen LogP contribution in [0.25, 0.3) is 0 Å². The number of hydrogen-bond acceptors (Lipinski definition) is 2. The summed E-state index contributed by atoms with van der Waals surface area (Å²) >= 11 is 19.2. The topological polar surface area (TPSA) is 41.1 Å². The number of halogens is 3. The van der Waals surface area contributed by atoms with E-state index in [4.69, 9.17) is 35.4 Å². The van der Waals surface area contributed by atoms with Crippen LogP contribution in [0.3, 0.4) is 0 Å². The smallest absolute Gasteiger partial charge is 0.230 e. The second-order valence-electron chi connectivity index (χ2n) is 4.43. The van der Waals surface area contributed by atoms with Gasteiger partial charge in [-0.15, -0.1) is 0 Å². The third-order valence-electron chi connectivity index (χ3n) is 2.71. The number of hydrogen-bond donors (Lipinski definition) is 2. The number of benzene rings is 2. The van der Waals surface area contributed by atoms with Gasteiger partial charge in [-0.2, -0.15) is 0 Å². The number of rotatable bonds is 3. The van der Waals surface area contributed by atoms with Gasteiger partial charge < -0.3 is 10.6 Å². The van der Waals surface area contributed by atoms with E-state index < -0.39 is 0 Å². The number of amides is 1. The first kappa shape index (κ1) is 17.5. The molecule has 7 heteroatoms. The Kier molecular flexibility index (Phi) is 6.43. The van der Waals surface area contributed by atoms with Crippen molar-refractivity contribution in [1.82, 2.24) is 5.32 Å². The number of nitrogens with one attached hydrogen (secondary N) is 2. The first-order valence-electron chi connectivity index (χ1n) is 6.24. The minimum Gasteiger partial charge on any atom is -0.331 e. The molecular formula is C15H11Cl2IN2OS. The Morgan fingerprint density at radius 1 is 1.14 bits per heavy atom. The first-order valence-corrected chi connectivity index (χ1v) is 8.48. The fourth-order valence-electron chi connectivity index (χ4n) is 1.70. The normalized spacial score (nSPS) is 10.1. The van der Waals surface area contributed by atoms with Crippen molar-refractivity contribution in [2.45, 2.75) is 6.42 Å². The molecule has 0 radical (unpaired) electrons. The van der Waals surface area contributed by atoms with Gasteiger partial charge in [0.05, 0.1) is 17.1 Å². The van der Waals surface area contributed by atoms with E-state index >= 15 is 0 Å². The Bertz CT molecular complexity index is 707. The van der Waals surface area contributed by atoms with E-state index in [1.807, 2.05) is 18.2 Å². The summed E-state index contributed by atoms with van der Waals surface area (Å²) in [5.74, 6) is -0.207. The van der Waals surface area contributed by atoms with Gasteiger partial charge >= 0.3 is 0 Å². The molecule has 114 valence electrons. The highest BCUT2D eigenvalue weighted by atomic mass is 127. The van der Waals surface area contributed by atoms with Crippen LogP contribution in [-0.2, 0) is 11.2 Å². The van der Waals surface area contributed by atoms with Crippen LogP contribution in [0.4, 0.5) is 5.69 Å². The standard InChI is InChI=1S/C15H11Cl2IN2OS/c16-10-3-1-9(2-4-10)7-14(21)20-15(22)19-13-6-5-11(18)8-12(13)17/h1-6,8H,7H2,(H2,19,20,21,22). The average molecular weight is 465 g/mol. The zero-order valence-corrected chi connectivity index (χ0v) is 15.7. The Morgan fingerprint density at radius 2 is 1.82 bits per heavy atom. The summed E-state index contributed by atoms with van der Waals surface area (Å²) in [6, 6.07) is 12.6. The Balaban J connectivity index is 1.91. The second kappa shape index (κ2) is 8.10. The second-order valence-corrected chi connectivity index (χ2v) is 6.93. The molecule has 0 aliphatic rings. The third kappa shape index (κ3) is 5.39. The van der Waals surface area contributed by atoms with Crippen molar-refractivity contribution in [3.63, 3.8) is 0 Å². The molecule has 22 heavy (non-hydrogen) atoms. The van der Waals surface area contributed by atoms with Crippen molar-refractivity contribution < 1.29 is 4.79 Å². The van der Waals surface area contributed by atoms with Crippen LogP contribution in [0.5, 0.6) is 0 Å². The lowest BCUT2D eigenvalue weighted by Crippen LogP contribution is -2.35. The molecule has 0 heterocycles. The van der Waals surface area contributed by atoms with Crippen LogP contribution in [0, 0.1) is 3.57 Å². The van der Waals surface area contributed by atoms with Crippen molar-refractivity contribution in [3.8, 4) is 0 Å². The largest absolute Gasteiger partial charge is 0.331 e. The van der Waals surface area contributed by atoms with Gasteiger partial charge in [0.1, 0.15) is 0 Å². The van der Waals surface area contributed by atoms with E-state index in [1.165, 1.54) is 0 Å². The lowest BCUT2D eigenvalue weighted by molar-refractivity contribution is -0.119. The van der Waals surface area contributed by atoms with Gasteiger partial charge in [-0.25, -0.2) is 0 Å². The Labute approximate surface area is 157 Å². The van der Waals surface area contributed by atoms with Crippen LogP contribution in [0.2, 0.25) is 10.0 Å². The van der Waals surface area contributed by atoms with Gasteiger partial charge in [0.15, 0.2) is 5.11 Å². The van der Waals surface area contributed by atoms with Gasteiger partial charge in [-0.05, 0) is 70.7 Å². The minimum atomic E-state index is -0.207. The monoisotopic (exact) mass is 464 g/mol. The summed E-state index contributed by atoms with van der Waals surface area (Å²) < 4.78 is 1.02. The van der Waals surface area contributed by atoms with Crippen molar-refractivity contribution in [2.75, 3.05) is 5.32 Å². The molecule has 2 aromatic carbocycles. The van der Waals surface area contributed by atoms with E-state index in [2.05, 4.69) is 33.2 Å². The maximum atomic E-state index is 11.9. The quantitative estimate of drug-likeness (QED) is 0.513. The highest BCUT2D eigenvalue weighted by Gasteiger charge is 2.08. The summed E-state index contributed by atoms with van der Waals surface area (Å²) in [6.07, 6.45) is 0.222. The van der Waals surface area contributed by atoms with E-state index in [0.29, 0.717) is 15.7 Å². The van der Waals surface area contributed by atoms with Gasteiger partial charge in [-0.1, -0.05) is 35.3 Å². The SMILES string of the molecule is O=C(Cc1ccc(Cl)cc1)NC(=S)Nc1ccc(I)cc1Cl. The van der Waals surface area contributed by atoms with Gasteiger partial charge in [0, 0.05) is 8.59 Å². The van der Waals surface area contributed by atoms with Crippen molar-refractivity contribution in [3.05, 3.63) is 61.6 Å². The molecule has 0 atom stereocenters. The maximum absolute atomic E-state index is 11.9. The first-order chi connectivity index (χ1) is 10.4. The number of thiocarbonyl (C=S) groups is 1. The fraction of sp³-hybridized carbons (Fsp3) is 0.0667. The molecule has 0 fully saturated rings. The van der Waals surface area contributed by atoms with Gasteiger partial charge in [-0.3, -0.25) is 4.79 Å². The van der Waals surface area contributed by atoms with Crippen LogP contribution in [0.1, 0.15) is 5.56 Å². The molecule has 0 saturated carbocycles. The molecule has 3 nitrogen and oxygen atoms in total. The average Bonchev–Trinajstić information content (AvgIpc) is 2.44. The van der Waals surface area contributed by atoms with Crippen LogP contribution in [0.15, 0.2) is 42.5 Å². The molecule has 1 amide bonds. The van der Waals surface area contributed by atoms with E-state index in [-0.39, 0.29) is 17.4 Å². The lowest BCUT2D eigenvalue weighted by Gasteiger charge is -2.11. The molecule has 0 aliphatic heterocycles. The van der Waals surface area contributed by atoms with E-state index in [9.17, 15) is 4.79 Å². The number of carbonyl (C=O) groups is 1. The molecule has 0 saturated heterocycles. The van der Waals surface area contributed by atoms with Crippen molar-refractivity contribution in [1.29, 1.82) is 0 Å². The number of carbonyl (C=O) groups excluding carboxylic acids is 1. The van der Waals surface area contributed by atoms with E-state index in [0.717, 1.165) is 9.13 Å². The summed E-state index contributed by atoms with van der Waals surface area (Å²) in [7, 11) is 0. The Morgan fingerprint density at radius 3 is 2.45 bits per heavy atom. The van der Waals surface area contributed by atoms with Gasteiger partial charge in [0.25, 0.3) is 0 Å². The highest BCUT2D eigenvalue weighted by molar-refractivity contribution is 14.1. The molecule has 0 spiro atoms. The molecule has 0 bridgehead atoms. The molecular weight excluding hydrogens is 454 g/mol. The molecule has 0 aromatic heterocycles. The fourth-order valence-corrected chi connectivity index (χ4v) is 2.96. The lowest BCUT2D eigenvalue weighted by atomic mass is 10.1. The molecule has 2 rings (SSSR count). The summed E-state index contributed by atoms with van der Waals surface area (Å²) in [6.45, 7) is 0. The zero-order valence-electron chi connectivity index (χ0n) is 11.2. The maximum Gasteiger partial charge on any atom is 0.230 e. The van der Waals surface area contributed by atoms with Crippen LogP contribution < -0.4 is 10.6 Å². The molecule has 0 aliphatic carbocycles. The predicted octanol–water partition coefficient (Wildman–Crippen LogP) is 4.65. The van der Waals surface area contributed by atoms with Gasteiger partial charge in [0.2, 0.25) is 5.91 Å². The zero-order chi connectivity index (χ0) is 16.1. The Hall–Kier alpha value is -0.890. The van der Waals surface area contributed by atoms with Crippen LogP contribution >= 0.6 is 58.0 Å². The van der Waals surface area contributed by atoms with Crippen molar-refractivity contribution >= 4 is 74.7 Å². The summed E-state index contributed by atoms with van der Waals surface area (Å²) in [5.41, 5.74) is 1.51. The van der Waals surface area contributed by atoms with E-state index in [1.54, 1.807) is 24.3 Å².